The van der Waals surface area contributed by atoms with Gasteiger partial charge in [-0.3, -0.25) is 14.4 Å². The smallest absolute Gasteiger partial charge is 0.256 e. The van der Waals surface area contributed by atoms with E-state index < -0.39 is 0 Å². The maximum atomic E-state index is 13.1. The molecule has 0 atom stereocenters. The lowest BCUT2D eigenvalue weighted by atomic mass is 10.1. The Morgan fingerprint density at radius 3 is 2.31 bits per heavy atom. The molecule has 0 aliphatic carbocycles. The van der Waals surface area contributed by atoms with E-state index in [9.17, 15) is 14.4 Å². The summed E-state index contributed by atoms with van der Waals surface area (Å²) < 4.78 is 0. The zero-order valence-electron chi connectivity index (χ0n) is 18.3. The van der Waals surface area contributed by atoms with Crippen LogP contribution in [0.4, 0.5) is 11.4 Å². The Hall–Kier alpha value is -3.93. The number of rotatable bonds is 8. The summed E-state index contributed by atoms with van der Waals surface area (Å²) in [5.41, 5.74) is 2.81. The number of anilines is 2. The van der Waals surface area contributed by atoms with Crippen LogP contribution in [0.3, 0.4) is 0 Å². The summed E-state index contributed by atoms with van der Waals surface area (Å²) in [5, 5.41) is 5.62. The van der Waals surface area contributed by atoms with Crippen LogP contribution in [0.1, 0.15) is 46.0 Å². The molecule has 32 heavy (non-hydrogen) atoms. The van der Waals surface area contributed by atoms with Crippen molar-refractivity contribution in [1.29, 1.82) is 0 Å². The fraction of sp³-hybridized carbons (Fsp3) is 0.192. The second-order valence-corrected chi connectivity index (χ2v) is 7.53. The first-order valence-electron chi connectivity index (χ1n) is 10.6. The number of amides is 3. The lowest BCUT2D eigenvalue weighted by molar-refractivity contribution is -0.116. The Kier molecular flexibility index (Phi) is 7.75. The van der Waals surface area contributed by atoms with Gasteiger partial charge in [-0.15, -0.1) is 0 Å². The van der Waals surface area contributed by atoms with Gasteiger partial charge in [0.1, 0.15) is 0 Å². The monoisotopic (exact) mass is 429 g/mol. The van der Waals surface area contributed by atoms with E-state index in [0.717, 1.165) is 12.0 Å². The molecule has 3 aromatic rings. The number of nitrogens with one attached hydrogen (secondary N) is 2. The van der Waals surface area contributed by atoms with Gasteiger partial charge in [-0.2, -0.15) is 0 Å². The van der Waals surface area contributed by atoms with E-state index in [4.69, 9.17) is 0 Å². The van der Waals surface area contributed by atoms with Crippen molar-refractivity contribution in [1.82, 2.24) is 4.90 Å². The molecule has 0 unspecified atom stereocenters. The minimum atomic E-state index is -0.359. The van der Waals surface area contributed by atoms with Crippen LogP contribution in [0.25, 0.3) is 0 Å². The van der Waals surface area contributed by atoms with Crippen molar-refractivity contribution in [3.63, 3.8) is 0 Å². The topological polar surface area (TPSA) is 78.5 Å². The zero-order chi connectivity index (χ0) is 22.9. The van der Waals surface area contributed by atoms with Crippen LogP contribution in [-0.4, -0.2) is 29.7 Å². The van der Waals surface area contributed by atoms with Crippen LogP contribution in [0.5, 0.6) is 0 Å². The van der Waals surface area contributed by atoms with E-state index >= 15 is 0 Å². The molecule has 0 radical (unpaired) electrons. The van der Waals surface area contributed by atoms with E-state index in [-0.39, 0.29) is 17.7 Å². The molecule has 0 fully saturated rings. The molecule has 0 spiro atoms. The maximum absolute atomic E-state index is 13.1. The summed E-state index contributed by atoms with van der Waals surface area (Å²) >= 11 is 0. The largest absolute Gasteiger partial charge is 0.337 e. The van der Waals surface area contributed by atoms with Crippen LogP contribution >= 0.6 is 0 Å². The Labute approximate surface area is 188 Å². The number of carbonyl (C=O) groups is 3. The molecule has 0 aromatic heterocycles. The first-order chi connectivity index (χ1) is 15.5. The highest BCUT2D eigenvalue weighted by molar-refractivity contribution is 6.09. The molecule has 2 N–H and O–H groups in total. The number of hydrogen-bond acceptors (Lipinski definition) is 3. The number of benzene rings is 3. The molecule has 6 heteroatoms. The van der Waals surface area contributed by atoms with Gasteiger partial charge in [0, 0.05) is 31.3 Å². The fourth-order valence-corrected chi connectivity index (χ4v) is 3.30. The van der Waals surface area contributed by atoms with Gasteiger partial charge in [0.05, 0.1) is 11.3 Å². The summed E-state index contributed by atoms with van der Waals surface area (Å²) in [7, 11) is 1.73. The van der Waals surface area contributed by atoms with Crippen molar-refractivity contribution in [3.8, 4) is 0 Å². The molecule has 0 saturated heterocycles. The quantitative estimate of drug-likeness (QED) is 0.532. The number of hydrogen-bond donors (Lipinski definition) is 2. The molecule has 0 saturated carbocycles. The van der Waals surface area contributed by atoms with Crippen LogP contribution in [0.15, 0.2) is 78.9 Å². The van der Waals surface area contributed by atoms with E-state index in [1.54, 1.807) is 60.5 Å². The number of para-hydroxylation sites is 1. The Balaban J connectivity index is 1.74. The molecular formula is C26H27N3O3. The average molecular weight is 430 g/mol. The number of nitrogens with zero attached hydrogens (tertiary/aromatic N) is 1. The van der Waals surface area contributed by atoms with Crippen LogP contribution in [-0.2, 0) is 11.3 Å². The van der Waals surface area contributed by atoms with Crippen molar-refractivity contribution in [2.75, 3.05) is 17.7 Å². The summed E-state index contributed by atoms with van der Waals surface area (Å²) in [6, 6.07) is 23.4. The molecule has 0 aliphatic heterocycles. The van der Waals surface area contributed by atoms with Crippen molar-refractivity contribution in [3.05, 3.63) is 95.6 Å². The molecule has 3 amide bonds. The predicted octanol–water partition coefficient (Wildman–Crippen LogP) is 4.95. The highest BCUT2D eigenvalue weighted by atomic mass is 16.2. The second kappa shape index (κ2) is 10.9. The standard InChI is InChI=1S/C26H27N3O3/c1-3-10-24(30)27-21-14-9-13-20(17-21)25(31)28-23-16-8-7-15-22(23)26(32)29(2)18-19-11-5-4-6-12-19/h4-9,11-17H,3,10,18H2,1-2H3,(H,27,30)(H,28,31). The third-order valence-electron chi connectivity index (χ3n) is 4.90. The highest BCUT2D eigenvalue weighted by Gasteiger charge is 2.18. The van der Waals surface area contributed by atoms with Crippen molar-refractivity contribution < 1.29 is 14.4 Å². The average Bonchev–Trinajstić information content (AvgIpc) is 2.80. The molecule has 0 heterocycles. The maximum Gasteiger partial charge on any atom is 0.256 e. The van der Waals surface area contributed by atoms with Crippen molar-refractivity contribution in [2.45, 2.75) is 26.3 Å². The first-order valence-corrected chi connectivity index (χ1v) is 10.6. The van der Waals surface area contributed by atoms with Crippen LogP contribution < -0.4 is 10.6 Å². The molecule has 3 aromatic carbocycles. The number of carbonyl (C=O) groups excluding carboxylic acids is 3. The van der Waals surface area contributed by atoms with Gasteiger partial charge >= 0.3 is 0 Å². The summed E-state index contributed by atoms with van der Waals surface area (Å²) in [5.74, 6) is -0.643. The molecule has 6 nitrogen and oxygen atoms in total. The van der Waals surface area contributed by atoms with Gasteiger partial charge in [-0.25, -0.2) is 0 Å². The van der Waals surface area contributed by atoms with E-state index in [1.807, 2.05) is 37.3 Å². The molecule has 164 valence electrons. The van der Waals surface area contributed by atoms with Gasteiger partial charge in [0.2, 0.25) is 5.91 Å². The molecular weight excluding hydrogens is 402 g/mol. The van der Waals surface area contributed by atoms with Gasteiger partial charge in [0.25, 0.3) is 11.8 Å². The van der Waals surface area contributed by atoms with Gasteiger partial charge < -0.3 is 15.5 Å². The summed E-state index contributed by atoms with van der Waals surface area (Å²) in [4.78, 5) is 39.4. The fourth-order valence-electron chi connectivity index (χ4n) is 3.30. The minimum Gasteiger partial charge on any atom is -0.337 e. The summed E-state index contributed by atoms with van der Waals surface area (Å²) in [6.07, 6.45) is 1.16. The van der Waals surface area contributed by atoms with Gasteiger partial charge in [0.15, 0.2) is 0 Å². The van der Waals surface area contributed by atoms with E-state index in [0.29, 0.717) is 35.5 Å². The van der Waals surface area contributed by atoms with Crippen LogP contribution in [0, 0.1) is 0 Å². The Morgan fingerprint density at radius 1 is 0.844 bits per heavy atom. The first kappa shape index (κ1) is 22.7. The lowest BCUT2D eigenvalue weighted by Gasteiger charge is -2.19. The normalized spacial score (nSPS) is 10.3. The zero-order valence-corrected chi connectivity index (χ0v) is 18.3. The van der Waals surface area contributed by atoms with Gasteiger partial charge in [-0.05, 0) is 42.3 Å². The van der Waals surface area contributed by atoms with Crippen LogP contribution in [0.2, 0.25) is 0 Å². The van der Waals surface area contributed by atoms with Crippen molar-refractivity contribution >= 4 is 29.1 Å². The van der Waals surface area contributed by atoms with E-state index in [2.05, 4.69) is 10.6 Å². The molecule has 0 aliphatic rings. The van der Waals surface area contributed by atoms with E-state index in [1.165, 1.54) is 0 Å². The van der Waals surface area contributed by atoms with Crippen molar-refractivity contribution in [2.24, 2.45) is 0 Å². The van der Waals surface area contributed by atoms with Gasteiger partial charge in [-0.1, -0.05) is 55.5 Å². The predicted molar refractivity (Wildman–Crippen MR) is 127 cm³/mol. The minimum absolute atomic E-state index is 0.0950. The third kappa shape index (κ3) is 6.04. The molecule has 0 bridgehead atoms. The Morgan fingerprint density at radius 2 is 1.56 bits per heavy atom. The lowest BCUT2D eigenvalue weighted by Crippen LogP contribution is -2.27. The second-order valence-electron chi connectivity index (χ2n) is 7.53. The Bertz CT molecular complexity index is 1100. The third-order valence-corrected chi connectivity index (χ3v) is 4.90. The summed E-state index contributed by atoms with van der Waals surface area (Å²) in [6.45, 7) is 2.39. The molecule has 3 rings (SSSR count). The highest BCUT2D eigenvalue weighted by Crippen LogP contribution is 2.20. The SMILES string of the molecule is CCCC(=O)Nc1cccc(C(=O)Nc2ccccc2C(=O)N(C)Cc2ccccc2)c1.